The summed E-state index contributed by atoms with van der Waals surface area (Å²) >= 11 is 0. The Balaban J connectivity index is 1.27. The molecule has 0 saturated carbocycles. The van der Waals surface area contributed by atoms with Gasteiger partial charge in [0.25, 0.3) is 0 Å². The van der Waals surface area contributed by atoms with E-state index in [9.17, 15) is 24.0 Å². The maximum atomic E-state index is 14.1. The molecule has 13 nitrogen and oxygen atoms in total. The second-order valence-electron chi connectivity index (χ2n) is 13.7. The van der Waals surface area contributed by atoms with Gasteiger partial charge in [-0.05, 0) is 63.1 Å². The Hall–Kier alpha value is -4.33. The summed E-state index contributed by atoms with van der Waals surface area (Å²) in [4.78, 5) is 72.2. The lowest BCUT2D eigenvalue weighted by molar-refractivity contribution is -0.155. The number of amides is 5. The van der Waals surface area contributed by atoms with Crippen LogP contribution in [0.15, 0.2) is 60.7 Å². The van der Waals surface area contributed by atoms with Crippen LogP contribution in [0, 0.1) is 0 Å². The monoisotopic (exact) mass is 674 g/mol. The van der Waals surface area contributed by atoms with Crippen LogP contribution in [0.1, 0.15) is 50.2 Å². The van der Waals surface area contributed by atoms with Gasteiger partial charge in [-0.25, -0.2) is 0 Å². The molecule has 4 aliphatic rings. The molecule has 7 unspecified atom stereocenters. The summed E-state index contributed by atoms with van der Waals surface area (Å²) in [6, 6.07) is 15.2. The number of benzene rings is 2. The van der Waals surface area contributed by atoms with Gasteiger partial charge in [-0.3, -0.25) is 28.9 Å². The molecule has 2 aromatic rings. The van der Waals surface area contributed by atoms with E-state index < -0.39 is 36.0 Å². The Kier molecular flexibility index (Phi) is 12.0. The van der Waals surface area contributed by atoms with Crippen LogP contribution < -0.4 is 27.8 Å². The first-order valence-electron chi connectivity index (χ1n) is 17.3. The minimum atomic E-state index is -0.973. The Morgan fingerprint density at radius 3 is 2.08 bits per heavy atom. The number of hydrogen-bond donors (Lipinski definition) is 5. The summed E-state index contributed by atoms with van der Waals surface area (Å²) in [5, 5.41) is 5.73. The van der Waals surface area contributed by atoms with E-state index in [2.05, 4.69) is 10.6 Å². The third-order valence-corrected chi connectivity index (χ3v) is 10.0. The molecule has 7 atom stereocenters. The largest absolute Gasteiger partial charge is 0.369 e. The van der Waals surface area contributed by atoms with Crippen molar-refractivity contribution in [2.45, 2.75) is 94.2 Å². The van der Waals surface area contributed by atoms with E-state index in [1.165, 1.54) is 0 Å². The zero-order valence-corrected chi connectivity index (χ0v) is 28.2. The molecule has 264 valence electrons. The van der Waals surface area contributed by atoms with Gasteiger partial charge < -0.3 is 37.6 Å². The minimum absolute atomic E-state index is 0.0659. The molecule has 5 amide bonds. The predicted octanol–water partition coefficient (Wildman–Crippen LogP) is -0.342. The van der Waals surface area contributed by atoms with Crippen LogP contribution in [0.25, 0.3) is 0 Å². The van der Waals surface area contributed by atoms with Crippen molar-refractivity contribution in [3.8, 4) is 0 Å². The van der Waals surface area contributed by atoms with Crippen LogP contribution >= 0.6 is 0 Å². The van der Waals surface area contributed by atoms with Crippen LogP contribution in [0.3, 0.4) is 0 Å². The van der Waals surface area contributed by atoms with E-state index in [1.807, 2.05) is 72.5 Å². The number of carbonyl (C=O) groups excluding carboxylic acids is 5. The van der Waals surface area contributed by atoms with E-state index in [-0.39, 0.29) is 48.8 Å². The molecule has 4 heterocycles. The number of nitrogens with one attached hydrogen (secondary N) is 2. The van der Waals surface area contributed by atoms with Crippen LogP contribution in [0.5, 0.6) is 0 Å². The van der Waals surface area contributed by atoms with Gasteiger partial charge in [0.2, 0.25) is 29.5 Å². The van der Waals surface area contributed by atoms with Crippen LogP contribution in [-0.4, -0.2) is 113 Å². The number of piperazine rings is 1. The van der Waals surface area contributed by atoms with Crippen molar-refractivity contribution in [2.75, 3.05) is 26.2 Å². The highest BCUT2D eigenvalue weighted by Crippen LogP contribution is 2.34. The highest BCUT2D eigenvalue weighted by Gasteiger charge is 2.50. The fraction of sp³-hybridized carbons (Fsp3) is 0.528. The molecule has 0 aliphatic carbocycles. The van der Waals surface area contributed by atoms with Gasteiger partial charge in [0, 0.05) is 37.6 Å². The number of nitrogens with two attached hydrogens (primary N) is 3. The lowest BCUT2D eigenvalue weighted by atomic mass is 9.86. The molecule has 4 saturated heterocycles. The van der Waals surface area contributed by atoms with Crippen LogP contribution in [0.4, 0.5) is 0 Å². The van der Waals surface area contributed by atoms with E-state index in [1.54, 1.807) is 9.80 Å². The fourth-order valence-corrected chi connectivity index (χ4v) is 7.48. The minimum Gasteiger partial charge on any atom is -0.369 e. The molecule has 2 aromatic carbocycles. The molecule has 8 N–H and O–H groups in total. The maximum Gasteiger partial charge on any atom is 0.246 e. The Bertz CT molecular complexity index is 1460. The van der Waals surface area contributed by atoms with Gasteiger partial charge in [0.1, 0.15) is 18.1 Å². The molecular formula is C36H50N8O5. The zero-order valence-electron chi connectivity index (χ0n) is 28.2. The number of rotatable bonds is 16. The fourth-order valence-electron chi connectivity index (χ4n) is 7.48. The lowest BCUT2D eigenvalue weighted by Crippen LogP contribution is -2.71. The molecule has 0 spiro atoms. The van der Waals surface area contributed by atoms with E-state index >= 15 is 0 Å². The van der Waals surface area contributed by atoms with Crippen molar-refractivity contribution in [3.63, 3.8) is 0 Å². The summed E-state index contributed by atoms with van der Waals surface area (Å²) in [7, 11) is 0. The topological polar surface area (TPSA) is 197 Å². The molecular weight excluding hydrogens is 624 g/mol. The smallest absolute Gasteiger partial charge is 0.246 e. The van der Waals surface area contributed by atoms with Crippen LogP contribution in [0.2, 0.25) is 0 Å². The third kappa shape index (κ3) is 8.83. The highest BCUT2D eigenvalue weighted by atomic mass is 16.2. The number of fused-ring (bicyclic) bond motifs is 2. The van der Waals surface area contributed by atoms with Crippen molar-refractivity contribution < 1.29 is 24.0 Å². The maximum absolute atomic E-state index is 14.1. The lowest BCUT2D eigenvalue weighted by Gasteiger charge is -2.56. The second-order valence-corrected chi connectivity index (χ2v) is 13.7. The van der Waals surface area contributed by atoms with Gasteiger partial charge >= 0.3 is 0 Å². The molecule has 2 bridgehead atoms. The molecule has 0 radical (unpaired) electrons. The molecule has 13 heteroatoms. The molecule has 4 aliphatic heterocycles. The average molecular weight is 675 g/mol. The Morgan fingerprint density at radius 2 is 1.49 bits per heavy atom. The average Bonchev–Trinajstić information content (AvgIpc) is 3.37. The number of likely N-dealkylation sites (tertiary alicyclic amines) is 1. The van der Waals surface area contributed by atoms with Crippen molar-refractivity contribution in [3.05, 3.63) is 71.8 Å². The number of unbranched alkanes of at least 4 members (excludes halogenated alkanes) is 1. The molecule has 4 fully saturated rings. The summed E-state index contributed by atoms with van der Waals surface area (Å²) in [6.07, 6.45) is 3.58. The predicted molar refractivity (Wildman–Crippen MR) is 184 cm³/mol. The Labute approximate surface area is 287 Å². The first kappa shape index (κ1) is 36.0. The SMILES string of the molecule is CC1CC(NC(=O)C(Cc2ccccc2)NC(=O)C(N)Cc2ccccc2)C(=O)N1C(CCCCN)C(=O)N1CC2CC(C1)N2CC(N)=O. The second kappa shape index (κ2) is 16.4. The number of hydrogen-bond acceptors (Lipinski definition) is 8. The van der Waals surface area contributed by atoms with Gasteiger partial charge in [-0.15, -0.1) is 0 Å². The Morgan fingerprint density at radius 1 is 0.878 bits per heavy atom. The number of nitrogens with zero attached hydrogens (tertiary/aromatic N) is 3. The summed E-state index contributed by atoms with van der Waals surface area (Å²) < 4.78 is 0. The van der Waals surface area contributed by atoms with Gasteiger partial charge in [0.15, 0.2) is 0 Å². The van der Waals surface area contributed by atoms with Crippen molar-refractivity contribution in [1.29, 1.82) is 0 Å². The number of primary amides is 1. The normalized spacial score (nSPS) is 23.7. The quantitative estimate of drug-likeness (QED) is 0.149. The highest BCUT2D eigenvalue weighted by molar-refractivity contribution is 5.96. The van der Waals surface area contributed by atoms with Crippen molar-refractivity contribution in [1.82, 2.24) is 25.3 Å². The van der Waals surface area contributed by atoms with Gasteiger partial charge in [0.05, 0.1) is 12.6 Å². The van der Waals surface area contributed by atoms with E-state index in [0.29, 0.717) is 51.7 Å². The van der Waals surface area contributed by atoms with Gasteiger partial charge in [-0.1, -0.05) is 60.7 Å². The summed E-state index contributed by atoms with van der Waals surface area (Å²) in [5.41, 5.74) is 19.2. The van der Waals surface area contributed by atoms with Gasteiger partial charge in [-0.2, -0.15) is 0 Å². The molecule has 6 rings (SSSR count). The van der Waals surface area contributed by atoms with Crippen LogP contribution in [-0.2, 0) is 36.8 Å². The molecule has 0 aromatic heterocycles. The third-order valence-electron chi connectivity index (χ3n) is 10.0. The first-order valence-corrected chi connectivity index (χ1v) is 17.3. The summed E-state index contributed by atoms with van der Waals surface area (Å²) in [5.74, 6) is -1.80. The summed E-state index contributed by atoms with van der Waals surface area (Å²) in [6.45, 7) is 3.48. The van der Waals surface area contributed by atoms with Crippen molar-refractivity contribution >= 4 is 29.5 Å². The van der Waals surface area contributed by atoms with E-state index in [0.717, 1.165) is 17.5 Å². The first-order chi connectivity index (χ1) is 23.5. The standard InChI is InChI=1S/C36H50N8O5/c1-23-16-30(35(48)44(23)31(14-8-9-15-37)36(49)42-20-26-19-27(21-42)43(26)22-32(39)45)41-34(47)29(18-25-12-6-3-7-13-25)40-33(46)28(38)17-24-10-4-2-5-11-24/h2-7,10-13,23,26-31H,8-9,14-22,37-38H2,1H3,(H2,39,45)(H,40,46)(H,41,47). The van der Waals surface area contributed by atoms with Crippen molar-refractivity contribution in [2.24, 2.45) is 17.2 Å². The number of piperidine rings is 1. The molecule has 49 heavy (non-hydrogen) atoms. The number of carbonyl (C=O) groups is 5. The van der Waals surface area contributed by atoms with E-state index in [4.69, 9.17) is 17.2 Å². The zero-order chi connectivity index (χ0) is 35.1.